The number of thiazole rings is 1. The van der Waals surface area contributed by atoms with Crippen LogP contribution in [-0.2, 0) is 0 Å². The van der Waals surface area contributed by atoms with Crippen molar-refractivity contribution in [1.29, 1.82) is 0 Å². The molecule has 1 aliphatic rings. The van der Waals surface area contributed by atoms with Crippen LogP contribution in [0.25, 0.3) is 0 Å². The van der Waals surface area contributed by atoms with Gasteiger partial charge in [0.15, 0.2) is 0 Å². The molecule has 0 aromatic carbocycles. The predicted molar refractivity (Wildman–Crippen MR) is 64.9 cm³/mol. The summed E-state index contributed by atoms with van der Waals surface area (Å²) < 4.78 is 0. The summed E-state index contributed by atoms with van der Waals surface area (Å²) in [5, 5.41) is 1.13. The van der Waals surface area contributed by atoms with Crippen molar-refractivity contribution in [3.8, 4) is 0 Å². The van der Waals surface area contributed by atoms with Crippen LogP contribution in [0, 0.1) is 18.8 Å². The van der Waals surface area contributed by atoms with Crippen molar-refractivity contribution in [2.75, 3.05) is 0 Å². The van der Waals surface area contributed by atoms with E-state index in [-0.39, 0.29) is 6.04 Å². The quantitative estimate of drug-likeness (QED) is 0.837. The Hall–Kier alpha value is -0.410. The molecule has 0 bridgehead atoms. The van der Waals surface area contributed by atoms with E-state index in [0.29, 0.717) is 5.92 Å². The van der Waals surface area contributed by atoms with Gasteiger partial charge in [-0.3, -0.25) is 0 Å². The van der Waals surface area contributed by atoms with Gasteiger partial charge in [0, 0.05) is 17.1 Å². The lowest BCUT2D eigenvalue weighted by molar-refractivity contribution is 0.249. The lowest BCUT2D eigenvalue weighted by Crippen LogP contribution is -2.25. The maximum absolute atomic E-state index is 6.32. The van der Waals surface area contributed by atoms with Gasteiger partial charge in [-0.1, -0.05) is 19.8 Å². The van der Waals surface area contributed by atoms with Crippen molar-refractivity contribution >= 4 is 11.3 Å². The Morgan fingerprint density at radius 1 is 1.53 bits per heavy atom. The second-order valence-electron chi connectivity index (χ2n) is 4.84. The molecule has 3 heteroatoms. The first-order chi connectivity index (χ1) is 7.16. The fourth-order valence-corrected chi connectivity index (χ4v) is 3.45. The summed E-state index contributed by atoms with van der Waals surface area (Å²) in [5.41, 5.74) is 6.32. The first-order valence-corrected chi connectivity index (χ1v) is 6.66. The van der Waals surface area contributed by atoms with E-state index < -0.39 is 0 Å². The highest BCUT2D eigenvalue weighted by Crippen LogP contribution is 2.37. The highest BCUT2D eigenvalue weighted by molar-refractivity contribution is 7.11. The van der Waals surface area contributed by atoms with Gasteiger partial charge in [0.1, 0.15) is 0 Å². The summed E-state index contributed by atoms with van der Waals surface area (Å²) in [5.74, 6) is 1.53. The zero-order chi connectivity index (χ0) is 10.8. The number of aromatic nitrogens is 1. The summed E-state index contributed by atoms with van der Waals surface area (Å²) in [4.78, 5) is 5.56. The normalized spacial score (nSPS) is 29.0. The summed E-state index contributed by atoms with van der Waals surface area (Å²) in [6, 6.07) is 0.221. The van der Waals surface area contributed by atoms with Crippen molar-refractivity contribution in [2.45, 2.75) is 45.6 Å². The topological polar surface area (TPSA) is 38.9 Å². The van der Waals surface area contributed by atoms with Gasteiger partial charge >= 0.3 is 0 Å². The van der Waals surface area contributed by atoms with Crippen molar-refractivity contribution in [3.63, 3.8) is 0 Å². The minimum absolute atomic E-state index is 0.221. The van der Waals surface area contributed by atoms with Crippen LogP contribution in [0.1, 0.15) is 48.5 Å². The van der Waals surface area contributed by atoms with Crippen LogP contribution >= 0.6 is 11.3 Å². The molecule has 3 unspecified atom stereocenters. The first kappa shape index (κ1) is 11.1. The third-order valence-corrected chi connectivity index (χ3v) is 4.47. The van der Waals surface area contributed by atoms with E-state index in [1.165, 1.54) is 30.6 Å². The smallest absolute Gasteiger partial charge is 0.0897 e. The molecule has 1 aromatic heterocycles. The highest BCUT2D eigenvalue weighted by atomic mass is 32.1. The number of nitrogens with zero attached hydrogens (tertiary/aromatic N) is 1. The van der Waals surface area contributed by atoms with Gasteiger partial charge < -0.3 is 5.73 Å². The van der Waals surface area contributed by atoms with Gasteiger partial charge in [-0.05, 0) is 31.6 Å². The van der Waals surface area contributed by atoms with E-state index >= 15 is 0 Å². The van der Waals surface area contributed by atoms with Gasteiger partial charge in [0.05, 0.1) is 5.01 Å². The van der Waals surface area contributed by atoms with Crippen molar-refractivity contribution in [1.82, 2.24) is 4.98 Å². The largest absolute Gasteiger partial charge is 0.323 e. The van der Waals surface area contributed by atoms with Gasteiger partial charge in [-0.2, -0.15) is 0 Å². The Kier molecular flexibility index (Phi) is 3.42. The molecule has 2 N–H and O–H groups in total. The zero-order valence-electron chi connectivity index (χ0n) is 9.57. The van der Waals surface area contributed by atoms with E-state index in [2.05, 4.69) is 11.9 Å². The fraction of sp³-hybridized carbons (Fsp3) is 0.750. The molecule has 1 aromatic rings. The van der Waals surface area contributed by atoms with Crippen molar-refractivity contribution in [3.05, 3.63) is 16.1 Å². The third kappa shape index (κ3) is 2.58. The Bertz CT molecular complexity index is 321. The summed E-state index contributed by atoms with van der Waals surface area (Å²) in [6.45, 7) is 4.39. The maximum Gasteiger partial charge on any atom is 0.0897 e. The maximum atomic E-state index is 6.32. The molecule has 2 rings (SSSR count). The third-order valence-electron chi connectivity index (χ3n) is 3.45. The van der Waals surface area contributed by atoms with E-state index in [9.17, 15) is 0 Å². The number of rotatable bonds is 2. The standard InChI is InChI=1S/C12H20N2S/c1-8-4-3-5-10(6-8)12(13)11-7-14-9(2)15-11/h7-8,10,12H,3-6,13H2,1-2H3. The minimum atomic E-state index is 0.221. The van der Waals surface area contributed by atoms with Crippen LogP contribution in [0.2, 0.25) is 0 Å². The first-order valence-electron chi connectivity index (χ1n) is 5.84. The molecule has 15 heavy (non-hydrogen) atoms. The molecule has 3 atom stereocenters. The minimum Gasteiger partial charge on any atom is -0.323 e. The lowest BCUT2D eigenvalue weighted by atomic mass is 9.78. The van der Waals surface area contributed by atoms with Gasteiger partial charge in [0.2, 0.25) is 0 Å². The SMILES string of the molecule is Cc1ncc(C(N)C2CCCC(C)C2)s1. The summed E-state index contributed by atoms with van der Waals surface area (Å²) in [6.07, 6.45) is 7.27. The second-order valence-corrected chi connectivity index (χ2v) is 6.11. The summed E-state index contributed by atoms with van der Waals surface area (Å²) >= 11 is 1.75. The zero-order valence-corrected chi connectivity index (χ0v) is 10.4. The Morgan fingerprint density at radius 2 is 2.33 bits per heavy atom. The molecule has 1 heterocycles. The molecular weight excluding hydrogens is 204 g/mol. The predicted octanol–water partition coefficient (Wildman–Crippen LogP) is 3.28. The molecular formula is C12H20N2S. The Labute approximate surface area is 95.9 Å². The summed E-state index contributed by atoms with van der Waals surface area (Å²) in [7, 11) is 0. The van der Waals surface area contributed by atoms with Gasteiger partial charge in [0.25, 0.3) is 0 Å². The molecule has 0 aliphatic heterocycles. The molecule has 84 valence electrons. The van der Waals surface area contributed by atoms with E-state index in [1.807, 2.05) is 13.1 Å². The van der Waals surface area contributed by atoms with Crippen molar-refractivity contribution < 1.29 is 0 Å². The molecule has 1 saturated carbocycles. The van der Waals surface area contributed by atoms with Crippen LogP contribution in [0.15, 0.2) is 6.20 Å². The molecule has 0 spiro atoms. The Morgan fingerprint density at radius 3 is 2.93 bits per heavy atom. The van der Waals surface area contributed by atoms with Gasteiger partial charge in [-0.15, -0.1) is 11.3 Å². The van der Waals surface area contributed by atoms with Crippen LogP contribution < -0.4 is 5.73 Å². The monoisotopic (exact) mass is 224 g/mol. The van der Waals surface area contributed by atoms with Crippen LogP contribution in [-0.4, -0.2) is 4.98 Å². The van der Waals surface area contributed by atoms with Crippen LogP contribution in [0.3, 0.4) is 0 Å². The second kappa shape index (κ2) is 4.62. The molecule has 0 saturated heterocycles. The van der Waals surface area contributed by atoms with Gasteiger partial charge in [-0.25, -0.2) is 4.98 Å². The van der Waals surface area contributed by atoms with E-state index in [0.717, 1.165) is 10.9 Å². The van der Waals surface area contributed by atoms with Crippen molar-refractivity contribution in [2.24, 2.45) is 17.6 Å². The van der Waals surface area contributed by atoms with E-state index in [1.54, 1.807) is 11.3 Å². The molecule has 0 radical (unpaired) electrons. The highest BCUT2D eigenvalue weighted by Gasteiger charge is 2.26. The molecule has 0 amide bonds. The molecule has 2 nitrogen and oxygen atoms in total. The fourth-order valence-electron chi connectivity index (χ4n) is 2.57. The Balaban J connectivity index is 2.03. The van der Waals surface area contributed by atoms with Crippen LogP contribution in [0.4, 0.5) is 0 Å². The van der Waals surface area contributed by atoms with E-state index in [4.69, 9.17) is 5.73 Å². The van der Waals surface area contributed by atoms with Crippen LogP contribution in [0.5, 0.6) is 0 Å². The number of nitrogens with two attached hydrogens (primary N) is 1. The lowest BCUT2D eigenvalue weighted by Gasteiger charge is -2.30. The average Bonchev–Trinajstić information content (AvgIpc) is 2.64. The average molecular weight is 224 g/mol. The number of hydrogen-bond donors (Lipinski definition) is 1. The molecule has 1 aliphatic carbocycles. The molecule has 1 fully saturated rings. The number of hydrogen-bond acceptors (Lipinski definition) is 3. The number of aryl methyl sites for hydroxylation is 1.